The molecule has 0 bridgehead atoms. The van der Waals surface area contributed by atoms with Crippen molar-refractivity contribution in [3.63, 3.8) is 0 Å². The van der Waals surface area contributed by atoms with Gasteiger partial charge < -0.3 is 9.47 Å². The molecule has 0 heterocycles. The van der Waals surface area contributed by atoms with Crippen molar-refractivity contribution in [2.45, 2.75) is 19.6 Å². The molecule has 0 aliphatic heterocycles. The number of hydrogen-bond acceptors (Lipinski definition) is 2. The number of hydrogen-bond donors (Lipinski definition) is 0. The summed E-state index contributed by atoms with van der Waals surface area (Å²) in [5.74, 6) is 0. The highest BCUT2D eigenvalue weighted by Crippen LogP contribution is 2.08. The smallest absolute Gasteiger partial charge is 0.0716 e. The zero-order chi connectivity index (χ0) is 16.3. The minimum atomic E-state index is 0.639. The number of rotatable bonds is 10. The Morgan fingerprint density at radius 2 is 1.04 bits per heavy atom. The van der Waals surface area contributed by atoms with Crippen LogP contribution in [-0.4, -0.2) is 13.2 Å². The molecule has 0 atom stereocenters. The van der Waals surface area contributed by atoms with E-state index in [0.717, 1.165) is 17.5 Å². The molecule has 0 aliphatic rings. The van der Waals surface area contributed by atoms with E-state index >= 15 is 0 Å². The summed E-state index contributed by atoms with van der Waals surface area (Å²) in [7, 11) is 0. The average Bonchev–Trinajstić information content (AvgIpc) is 2.62. The fourth-order valence-corrected chi connectivity index (χ4v) is 2.14. The number of ether oxygens (including phenoxy) is 2. The van der Waals surface area contributed by atoms with Crippen LogP contribution in [0, 0.1) is 0 Å². The maximum absolute atomic E-state index is 5.66. The summed E-state index contributed by atoms with van der Waals surface area (Å²) in [6.07, 6.45) is 4.58. The van der Waals surface area contributed by atoms with Gasteiger partial charge in [0.1, 0.15) is 0 Å². The van der Waals surface area contributed by atoms with E-state index in [1.165, 1.54) is 11.1 Å². The van der Waals surface area contributed by atoms with Crippen LogP contribution in [0.4, 0.5) is 0 Å². The zero-order valence-corrected chi connectivity index (χ0v) is 13.5. The normalized spacial score (nSPS) is 10.4. The Labute approximate surface area is 139 Å². The molecule has 0 aromatic heterocycles. The predicted octanol–water partition coefficient (Wildman–Crippen LogP) is 5.10. The second-order valence-electron chi connectivity index (χ2n) is 5.35. The molecule has 2 heteroatoms. The minimum Gasteiger partial charge on any atom is -0.377 e. The number of benzene rings is 2. The van der Waals surface area contributed by atoms with Gasteiger partial charge in [-0.3, -0.25) is 0 Å². The molecule has 0 saturated heterocycles. The molecular formula is C21H24O2. The lowest BCUT2D eigenvalue weighted by Gasteiger charge is -2.07. The van der Waals surface area contributed by atoms with Crippen LogP contribution in [0.15, 0.2) is 61.7 Å². The van der Waals surface area contributed by atoms with Crippen molar-refractivity contribution in [1.29, 1.82) is 0 Å². The summed E-state index contributed by atoms with van der Waals surface area (Å²) >= 11 is 0. The minimum absolute atomic E-state index is 0.639. The van der Waals surface area contributed by atoms with Gasteiger partial charge in [-0.2, -0.15) is 0 Å². The van der Waals surface area contributed by atoms with Crippen molar-refractivity contribution in [3.05, 3.63) is 83.9 Å². The third kappa shape index (κ3) is 6.23. The van der Waals surface area contributed by atoms with E-state index in [1.54, 1.807) is 0 Å². The van der Waals surface area contributed by atoms with Crippen LogP contribution >= 0.6 is 0 Å². The van der Waals surface area contributed by atoms with Crippen LogP contribution in [0.1, 0.15) is 28.7 Å². The Balaban J connectivity index is 1.54. The Morgan fingerprint density at radius 3 is 1.39 bits per heavy atom. The summed E-state index contributed by atoms with van der Waals surface area (Å²) in [6.45, 7) is 10.2. The Morgan fingerprint density at radius 1 is 0.652 bits per heavy atom. The van der Waals surface area contributed by atoms with Crippen LogP contribution in [0.25, 0.3) is 12.2 Å². The Hall–Kier alpha value is -2.16. The van der Waals surface area contributed by atoms with Gasteiger partial charge in [0, 0.05) is 13.2 Å². The fourth-order valence-electron chi connectivity index (χ4n) is 2.14. The van der Waals surface area contributed by atoms with Crippen LogP contribution in [0.3, 0.4) is 0 Å². The Bertz CT molecular complexity index is 541. The van der Waals surface area contributed by atoms with Crippen LogP contribution in [0.5, 0.6) is 0 Å². The molecule has 0 fully saturated rings. The summed E-state index contributed by atoms with van der Waals surface area (Å²) in [4.78, 5) is 0. The quantitative estimate of drug-likeness (QED) is 0.569. The van der Waals surface area contributed by atoms with Gasteiger partial charge in [0.05, 0.1) is 13.2 Å². The maximum Gasteiger partial charge on any atom is 0.0716 e. The van der Waals surface area contributed by atoms with E-state index in [9.17, 15) is 0 Å². The third-order valence-electron chi connectivity index (χ3n) is 3.55. The van der Waals surface area contributed by atoms with Crippen LogP contribution < -0.4 is 0 Å². The van der Waals surface area contributed by atoms with Gasteiger partial charge in [0.25, 0.3) is 0 Å². The topological polar surface area (TPSA) is 18.5 Å². The van der Waals surface area contributed by atoms with Gasteiger partial charge in [0.15, 0.2) is 0 Å². The molecule has 23 heavy (non-hydrogen) atoms. The first-order valence-corrected chi connectivity index (χ1v) is 7.90. The lowest BCUT2D eigenvalue weighted by Crippen LogP contribution is -2.01. The summed E-state index contributed by atoms with van der Waals surface area (Å²) in [5, 5.41) is 0. The van der Waals surface area contributed by atoms with Crippen molar-refractivity contribution < 1.29 is 9.47 Å². The van der Waals surface area contributed by atoms with Crippen molar-refractivity contribution in [2.75, 3.05) is 13.2 Å². The molecular weight excluding hydrogens is 284 g/mol. The fraction of sp³-hybridized carbons (Fsp3) is 0.238. The van der Waals surface area contributed by atoms with E-state index < -0.39 is 0 Å². The van der Waals surface area contributed by atoms with Crippen LogP contribution in [-0.2, 0) is 22.7 Å². The molecule has 0 saturated carbocycles. The molecule has 0 unspecified atom stereocenters. The highest BCUT2D eigenvalue weighted by atomic mass is 16.5. The van der Waals surface area contributed by atoms with Crippen LogP contribution in [0.2, 0.25) is 0 Å². The summed E-state index contributed by atoms with van der Waals surface area (Å²) < 4.78 is 11.3. The third-order valence-corrected chi connectivity index (χ3v) is 3.55. The van der Waals surface area contributed by atoms with Gasteiger partial charge in [-0.15, -0.1) is 0 Å². The molecule has 0 N–H and O–H groups in total. The van der Waals surface area contributed by atoms with Gasteiger partial charge in [-0.05, 0) is 28.7 Å². The molecule has 0 spiro atoms. The molecule has 120 valence electrons. The second kappa shape index (κ2) is 9.78. The SMILES string of the molecule is C=Cc1ccc(COCCCOCc2ccc(C=C)cc2)cc1. The van der Waals surface area contributed by atoms with Crippen molar-refractivity contribution in [1.82, 2.24) is 0 Å². The van der Waals surface area contributed by atoms with Gasteiger partial charge in [0.2, 0.25) is 0 Å². The predicted molar refractivity (Wildman–Crippen MR) is 97.0 cm³/mol. The largest absolute Gasteiger partial charge is 0.377 e. The van der Waals surface area contributed by atoms with Crippen molar-refractivity contribution >= 4 is 12.2 Å². The highest BCUT2D eigenvalue weighted by molar-refractivity contribution is 5.47. The van der Waals surface area contributed by atoms with Gasteiger partial charge in [-0.1, -0.05) is 73.8 Å². The standard InChI is InChI=1S/C21H24O2/c1-3-18-6-10-20(11-7-18)16-22-14-5-15-23-17-21-12-8-19(4-2)9-13-21/h3-4,6-13H,1-2,5,14-17H2. The van der Waals surface area contributed by atoms with Crippen molar-refractivity contribution in [2.24, 2.45) is 0 Å². The average molecular weight is 308 g/mol. The summed E-state index contributed by atoms with van der Waals surface area (Å²) in [5.41, 5.74) is 4.61. The van der Waals surface area contributed by atoms with E-state index in [4.69, 9.17) is 9.47 Å². The first-order valence-electron chi connectivity index (χ1n) is 7.90. The first kappa shape index (κ1) is 17.2. The van der Waals surface area contributed by atoms with E-state index in [2.05, 4.69) is 37.4 Å². The van der Waals surface area contributed by atoms with Gasteiger partial charge in [-0.25, -0.2) is 0 Å². The van der Waals surface area contributed by atoms with Gasteiger partial charge >= 0.3 is 0 Å². The Kier molecular flexibility index (Phi) is 7.31. The molecule has 0 aliphatic carbocycles. The molecule has 0 radical (unpaired) electrons. The van der Waals surface area contributed by atoms with E-state index in [-0.39, 0.29) is 0 Å². The van der Waals surface area contributed by atoms with E-state index in [0.29, 0.717) is 26.4 Å². The lowest BCUT2D eigenvalue weighted by atomic mass is 10.1. The molecule has 2 nitrogen and oxygen atoms in total. The maximum atomic E-state index is 5.66. The molecule has 2 rings (SSSR count). The summed E-state index contributed by atoms with van der Waals surface area (Å²) in [6, 6.07) is 16.5. The zero-order valence-electron chi connectivity index (χ0n) is 13.5. The molecule has 2 aromatic carbocycles. The highest BCUT2D eigenvalue weighted by Gasteiger charge is 1.96. The van der Waals surface area contributed by atoms with E-state index in [1.807, 2.05) is 36.4 Å². The van der Waals surface area contributed by atoms with Crippen molar-refractivity contribution in [3.8, 4) is 0 Å². The monoisotopic (exact) mass is 308 g/mol. The molecule has 0 amide bonds. The lowest BCUT2D eigenvalue weighted by molar-refractivity contribution is 0.0695. The second-order valence-corrected chi connectivity index (χ2v) is 5.35. The molecule has 2 aromatic rings. The first-order chi connectivity index (χ1) is 11.3.